The Bertz CT molecular complexity index is 593. The summed E-state index contributed by atoms with van der Waals surface area (Å²) in [6.07, 6.45) is 1.16. The molecule has 0 bridgehead atoms. The lowest BCUT2D eigenvalue weighted by Gasteiger charge is -2.10. The van der Waals surface area contributed by atoms with Crippen LogP contribution in [0.25, 0.3) is 0 Å². The Morgan fingerprint density at radius 2 is 1.86 bits per heavy atom. The van der Waals surface area contributed by atoms with Gasteiger partial charge in [-0.05, 0) is 44.0 Å². The summed E-state index contributed by atoms with van der Waals surface area (Å²) in [6.45, 7) is 4.64. The molecule has 0 aliphatic heterocycles. The van der Waals surface area contributed by atoms with Gasteiger partial charge >= 0.3 is 0 Å². The summed E-state index contributed by atoms with van der Waals surface area (Å²) in [6, 6.07) is 15.6. The highest BCUT2D eigenvalue weighted by molar-refractivity contribution is 5.90. The molecule has 0 aliphatic rings. The Labute approximate surface area is 126 Å². The van der Waals surface area contributed by atoms with E-state index in [-0.39, 0.29) is 5.91 Å². The average Bonchev–Trinajstić information content (AvgIpc) is 2.46. The molecule has 0 aromatic heterocycles. The number of nitrogens with one attached hydrogen (secondary N) is 1. The van der Waals surface area contributed by atoms with Crippen LogP contribution in [0.15, 0.2) is 48.5 Å². The van der Waals surface area contributed by atoms with Gasteiger partial charge in [-0.1, -0.05) is 35.9 Å². The van der Waals surface area contributed by atoms with Gasteiger partial charge in [0.25, 0.3) is 0 Å². The van der Waals surface area contributed by atoms with Gasteiger partial charge in [0.05, 0.1) is 6.61 Å². The van der Waals surface area contributed by atoms with Gasteiger partial charge in [-0.2, -0.15) is 0 Å². The van der Waals surface area contributed by atoms with Gasteiger partial charge < -0.3 is 10.1 Å². The first-order valence-corrected chi connectivity index (χ1v) is 7.20. The number of ether oxygens (including phenoxy) is 1. The van der Waals surface area contributed by atoms with E-state index < -0.39 is 0 Å². The maximum Gasteiger partial charge on any atom is 0.224 e. The number of hydrogen-bond acceptors (Lipinski definition) is 2. The number of anilines is 1. The van der Waals surface area contributed by atoms with Gasteiger partial charge in [-0.25, -0.2) is 0 Å². The highest BCUT2D eigenvalue weighted by Crippen LogP contribution is 2.19. The van der Waals surface area contributed by atoms with E-state index in [1.54, 1.807) is 0 Å². The second kappa shape index (κ2) is 7.48. The van der Waals surface area contributed by atoms with Crippen molar-refractivity contribution in [2.75, 3.05) is 11.9 Å². The molecule has 0 fully saturated rings. The summed E-state index contributed by atoms with van der Waals surface area (Å²) in [4.78, 5) is 11.8. The van der Waals surface area contributed by atoms with Gasteiger partial charge in [-0.15, -0.1) is 0 Å². The largest absolute Gasteiger partial charge is 0.493 e. The molecule has 1 N–H and O–H groups in total. The fourth-order valence-corrected chi connectivity index (χ4v) is 2.12. The van der Waals surface area contributed by atoms with E-state index in [1.807, 2.05) is 49.4 Å². The van der Waals surface area contributed by atoms with Crippen LogP contribution in [0.5, 0.6) is 5.75 Å². The number of carbonyl (C=O) groups excluding carboxylic acids is 1. The minimum Gasteiger partial charge on any atom is -0.493 e. The van der Waals surface area contributed by atoms with E-state index >= 15 is 0 Å². The molecule has 0 saturated heterocycles. The van der Waals surface area contributed by atoms with Gasteiger partial charge in [-0.3, -0.25) is 4.79 Å². The lowest BCUT2D eigenvalue weighted by atomic mass is 10.1. The second-order valence-electron chi connectivity index (χ2n) is 5.14. The van der Waals surface area contributed by atoms with Crippen molar-refractivity contribution in [2.24, 2.45) is 0 Å². The standard InChI is InChI=1S/C18H21NO2/c1-14-10-11-17(15(2)13-14)21-12-6-9-18(20)19-16-7-4-3-5-8-16/h3-5,7-8,10-11,13H,6,9,12H2,1-2H3,(H,19,20). The van der Waals surface area contributed by atoms with E-state index in [9.17, 15) is 4.79 Å². The first kappa shape index (κ1) is 15.1. The number of rotatable bonds is 6. The van der Waals surface area contributed by atoms with Gasteiger partial charge in [0.15, 0.2) is 0 Å². The van der Waals surface area contributed by atoms with Crippen molar-refractivity contribution in [2.45, 2.75) is 26.7 Å². The Balaban J connectivity index is 1.71. The van der Waals surface area contributed by atoms with Crippen LogP contribution in [0.2, 0.25) is 0 Å². The fourth-order valence-electron chi connectivity index (χ4n) is 2.12. The zero-order valence-corrected chi connectivity index (χ0v) is 12.6. The van der Waals surface area contributed by atoms with E-state index in [4.69, 9.17) is 4.74 Å². The maximum atomic E-state index is 11.8. The molecule has 0 radical (unpaired) electrons. The number of hydrogen-bond donors (Lipinski definition) is 1. The second-order valence-corrected chi connectivity index (χ2v) is 5.14. The molecule has 2 aromatic rings. The number of carbonyl (C=O) groups is 1. The minimum absolute atomic E-state index is 0.0189. The summed E-state index contributed by atoms with van der Waals surface area (Å²) in [5.41, 5.74) is 3.18. The van der Waals surface area contributed by atoms with Crippen LogP contribution >= 0.6 is 0 Å². The highest BCUT2D eigenvalue weighted by atomic mass is 16.5. The van der Waals surface area contributed by atoms with Crippen molar-refractivity contribution in [3.63, 3.8) is 0 Å². The van der Waals surface area contributed by atoms with E-state index in [2.05, 4.69) is 18.3 Å². The molecule has 0 heterocycles. The SMILES string of the molecule is Cc1ccc(OCCCC(=O)Nc2ccccc2)c(C)c1. The van der Waals surface area contributed by atoms with Crippen molar-refractivity contribution in [3.05, 3.63) is 59.7 Å². The summed E-state index contributed by atoms with van der Waals surface area (Å²) in [7, 11) is 0. The Kier molecular flexibility index (Phi) is 5.38. The lowest BCUT2D eigenvalue weighted by molar-refractivity contribution is -0.116. The zero-order valence-electron chi connectivity index (χ0n) is 12.6. The Morgan fingerprint density at radius 3 is 2.57 bits per heavy atom. The number of amides is 1. The van der Waals surface area contributed by atoms with E-state index in [1.165, 1.54) is 5.56 Å². The molecule has 0 saturated carbocycles. The van der Waals surface area contributed by atoms with Crippen LogP contribution < -0.4 is 10.1 Å². The van der Waals surface area contributed by atoms with Crippen LogP contribution in [0.1, 0.15) is 24.0 Å². The third kappa shape index (κ3) is 4.95. The Hall–Kier alpha value is -2.29. The molecule has 2 aromatic carbocycles. The molecular weight excluding hydrogens is 262 g/mol. The van der Waals surface area contributed by atoms with Crippen LogP contribution in [0, 0.1) is 13.8 Å². The van der Waals surface area contributed by atoms with Gasteiger partial charge in [0, 0.05) is 12.1 Å². The van der Waals surface area contributed by atoms with Crippen molar-refractivity contribution < 1.29 is 9.53 Å². The van der Waals surface area contributed by atoms with E-state index in [0.29, 0.717) is 19.4 Å². The van der Waals surface area contributed by atoms with Crippen LogP contribution in [-0.2, 0) is 4.79 Å². The smallest absolute Gasteiger partial charge is 0.224 e. The quantitative estimate of drug-likeness (QED) is 0.810. The normalized spacial score (nSPS) is 10.2. The first-order valence-electron chi connectivity index (χ1n) is 7.20. The van der Waals surface area contributed by atoms with Crippen LogP contribution in [-0.4, -0.2) is 12.5 Å². The molecule has 0 unspecified atom stereocenters. The summed E-state index contributed by atoms with van der Waals surface area (Å²) in [5.74, 6) is 0.912. The van der Waals surface area contributed by atoms with Gasteiger partial charge in [0.2, 0.25) is 5.91 Å². The van der Waals surface area contributed by atoms with E-state index in [0.717, 1.165) is 17.0 Å². The monoisotopic (exact) mass is 283 g/mol. The van der Waals surface area contributed by atoms with Crippen molar-refractivity contribution in [3.8, 4) is 5.75 Å². The molecule has 2 rings (SSSR count). The predicted octanol–water partition coefficient (Wildman–Crippen LogP) is 4.10. The van der Waals surface area contributed by atoms with Crippen molar-refractivity contribution in [1.29, 1.82) is 0 Å². The zero-order chi connectivity index (χ0) is 15.1. The molecule has 1 amide bonds. The van der Waals surface area contributed by atoms with Gasteiger partial charge in [0.1, 0.15) is 5.75 Å². The molecular formula is C18H21NO2. The first-order chi connectivity index (χ1) is 10.1. The summed E-state index contributed by atoms with van der Waals surface area (Å²) in [5, 5.41) is 2.86. The fraction of sp³-hybridized carbons (Fsp3) is 0.278. The number of aryl methyl sites for hydroxylation is 2. The van der Waals surface area contributed by atoms with Crippen molar-refractivity contribution in [1.82, 2.24) is 0 Å². The topological polar surface area (TPSA) is 38.3 Å². The highest BCUT2D eigenvalue weighted by Gasteiger charge is 2.03. The molecule has 3 nitrogen and oxygen atoms in total. The third-order valence-corrected chi connectivity index (χ3v) is 3.19. The molecule has 0 atom stereocenters. The summed E-state index contributed by atoms with van der Waals surface area (Å²) >= 11 is 0. The third-order valence-electron chi connectivity index (χ3n) is 3.19. The van der Waals surface area contributed by atoms with Crippen LogP contribution in [0.4, 0.5) is 5.69 Å². The molecule has 0 spiro atoms. The number of para-hydroxylation sites is 1. The predicted molar refractivity (Wildman–Crippen MR) is 85.7 cm³/mol. The van der Waals surface area contributed by atoms with Crippen LogP contribution in [0.3, 0.4) is 0 Å². The molecule has 3 heteroatoms. The van der Waals surface area contributed by atoms with Crippen molar-refractivity contribution >= 4 is 11.6 Å². The molecule has 0 aliphatic carbocycles. The molecule has 110 valence electrons. The molecule has 21 heavy (non-hydrogen) atoms. The Morgan fingerprint density at radius 1 is 1.10 bits per heavy atom. The number of benzene rings is 2. The minimum atomic E-state index is 0.0189. The average molecular weight is 283 g/mol. The lowest BCUT2D eigenvalue weighted by Crippen LogP contribution is -2.12. The summed E-state index contributed by atoms with van der Waals surface area (Å²) < 4.78 is 5.71. The maximum absolute atomic E-state index is 11.8.